The monoisotopic (exact) mass is 379 g/mol. The predicted molar refractivity (Wildman–Crippen MR) is 99.9 cm³/mol. The van der Waals surface area contributed by atoms with Crippen molar-refractivity contribution >= 4 is 17.9 Å². The van der Waals surface area contributed by atoms with Gasteiger partial charge < -0.3 is 15.0 Å². The van der Waals surface area contributed by atoms with Crippen LogP contribution in [0.3, 0.4) is 0 Å². The molecule has 0 aliphatic rings. The molecule has 2 atom stereocenters. The van der Waals surface area contributed by atoms with E-state index in [4.69, 9.17) is 9.94 Å². The fraction of sp³-hybridized carbons (Fsp3) is 0.526. The van der Waals surface area contributed by atoms with Crippen LogP contribution < -0.4 is 10.8 Å². The molecule has 3 N–H and O–H groups in total. The number of carbonyl (C=O) groups excluding carboxylic acids is 3. The third-order valence-electron chi connectivity index (χ3n) is 3.82. The van der Waals surface area contributed by atoms with E-state index in [9.17, 15) is 14.4 Å². The van der Waals surface area contributed by atoms with Gasteiger partial charge in [0.05, 0.1) is 0 Å². The summed E-state index contributed by atoms with van der Waals surface area (Å²) in [5.41, 5.74) is 1.41. The van der Waals surface area contributed by atoms with Crippen LogP contribution in [0.1, 0.15) is 46.2 Å². The van der Waals surface area contributed by atoms with Gasteiger partial charge in [0.15, 0.2) is 0 Å². The maximum atomic E-state index is 13.1. The Bertz CT molecular complexity index is 655. The number of amides is 3. The average molecular weight is 379 g/mol. The van der Waals surface area contributed by atoms with Crippen LogP contribution in [0.5, 0.6) is 0 Å². The lowest BCUT2D eigenvalue weighted by Crippen LogP contribution is -2.53. The van der Waals surface area contributed by atoms with Gasteiger partial charge in [-0.15, -0.1) is 0 Å². The summed E-state index contributed by atoms with van der Waals surface area (Å²) in [5, 5.41) is 11.6. The number of ether oxygens (including phenoxy) is 1. The Balaban J connectivity index is 3.16. The zero-order valence-electron chi connectivity index (χ0n) is 16.6. The first kappa shape index (κ1) is 22.4. The molecule has 0 aliphatic heterocycles. The zero-order chi connectivity index (χ0) is 20.8. The van der Waals surface area contributed by atoms with Gasteiger partial charge in [-0.25, -0.2) is 10.3 Å². The van der Waals surface area contributed by atoms with Gasteiger partial charge in [0, 0.05) is 7.05 Å². The predicted octanol–water partition coefficient (Wildman–Crippen LogP) is 2.24. The third-order valence-corrected chi connectivity index (χ3v) is 3.82. The van der Waals surface area contributed by atoms with E-state index in [2.05, 4.69) is 5.32 Å². The summed E-state index contributed by atoms with van der Waals surface area (Å²) in [7, 11) is 1.45. The van der Waals surface area contributed by atoms with Gasteiger partial charge in [-0.3, -0.25) is 14.8 Å². The Morgan fingerprint density at radius 1 is 1.11 bits per heavy atom. The van der Waals surface area contributed by atoms with Crippen molar-refractivity contribution in [1.82, 2.24) is 15.7 Å². The molecule has 3 amide bonds. The topological polar surface area (TPSA) is 108 Å². The van der Waals surface area contributed by atoms with E-state index in [0.29, 0.717) is 5.56 Å². The molecule has 0 heterocycles. The Morgan fingerprint density at radius 2 is 1.67 bits per heavy atom. The van der Waals surface area contributed by atoms with Crippen LogP contribution in [0.2, 0.25) is 0 Å². The van der Waals surface area contributed by atoms with Crippen molar-refractivity contribution in [3.63, 3.8) is 0 Å². The van der Waals surface area contributed by atoms with Gasteiger partial charge in [0.1, 0.15) is 17.7 Å². The summed E-state index contributed by atoms with van der Waals surface area (Å²) in [5.74, 6) is -1.47. The SMILES string of the molecule is CC(C)C(C(=O)NO)N(C)C(=O)C(NC(=O)OC(C)(C)C)c1ccccc1. The van der Waals surface area contributed by atoms with Gasteiger partial charge in [0.25, 0.3) is 5.91 Å². The van der Waals surface area contributed by atoms with Gasteiger partial charge in [-0.05, 0) is 32.3 Å². The molecule has 0 aromatic heterocycles. The molecule has 150 valence electrons. The minimum Gasteiger partial charge on any atom is -0.444 e. The largest absolute Gasteiger partial charge is 0.444 e. The molecular formula is C19H29N3O5. The average Bonchev–Trinajstić information content (AvgIpc) is 2.57. The minimum absolute atomic E-state index is 0.260. The van der Waals surface area contributed by atoms with Crippen molar-refractivity contribution in [2.24, 2.45) is 5.92 Å². The second-order valence-corrected chi connectivity index (χ2v) is 7.60. The van der Waals surface area contributed by atoms with Crippen LogP contribution in [0.15, 0.2) is 30.3 Å². The van der Waals surface area contributed by atoms with E-state index in [0.717, 1.165) is 0 Å². The summed E-state index contributed by atoms with van der Waals surface area (Å²) < 4.78 is 5.26. The standard InChI is InChI=1S/C19H29N3O5/c1-12(2)15(16(23)21-26)22(6)17(24)14(13-10-8-7-9-11-13)20-18(25)27-19(3,4)5/h7-12,14-15,26H,1-6H3,(H,20,25)(H,21,23). The normalized spacial score (nSPS) is 13.5. The number of hydrogen-bond acceptors (Lipinski definition) is 5. The van der Waals surface area contributed by atoms with Crippen molar-refractivity contribution < 1.29 is 24.3 Å². The molecule has 8 nitrogen and oxygen atoms in total. The summed E-state index contributed by atoms with van der Waals surface area (Å²) in [6, 6.07) is 6.72. The van der Waals surface area contributed by atoms with E-state index in [1.165, 1.54) is 11.9 Å². The Morgan fingerprint density at radius 3 is 2.11 bits per heavy atom. The molecule has 1 aromatic carbocycles. The number of benzene rings is 1. The molecule has 0 fully saturated rings. The zero-order valence-corrected chi connectivity index (χ0v) is 16.6. The van der Waals surface area contributed by atoms with Crippen LogP contribution in [-0.2, 0) is 14.3 Å². The molecule has 0 saturated carbocycles. The first-order chi connectivity index (χ1) is 12.5. The first-order valence-electron chi connectivity index (χ1n) is 8.73. The lowest BCUT2D eigenvalue weighted by Gasteiger charge is -2.32. The van der Waals surface area contributed by atoms with Gasteiger partial charge in [-0.2, -0.15) is 0 Å². The maximum absolute atomic E-state index is 13.1. The minimum atomic E-state index is -1.04. The van der Waals surface area contributed by atoms with Crippen molar-refractivity contribution in [2.45, 2.75) is 52.3 Å². The number of hydroxylamine groups is 1. The summed E-state index contributed by atoms with van der Waals surface area (Å²) in [4.78, 5) is 38.6. The number of rotatable bonds is 6. The number of carbonyl (C=O) groups is 3. The van der Waals surface area contributed by atoms with Gasteiger partial charge >= 0.3 is 6.09 Å². The lowest BCUT2D eigenvalue weighted by atomic mass is 9.99. The fourth-order valence-corrected chi connectivity index (χ4v) is 2.69. The molecule has 0 radical (unpaired) electrons. The maximum Gasteiger partial charge on any atom is 0.408 e. The molecule has 1 rings (SSSR count). The Labute approximate surface area is 159 Å². The quantitative estimate of drug-likeness (QED) is 0.519. The third kappa shape index (κ3) is 6.56. The number of hydrogen-bond donors (Lipinski definition) is 3. The molecule has 0 aliphatic carbocycles. The fourth-order valence-electron chi connectivity index (χ4n) is 2.69. The highest BCUT2D eigenvalue weighted by molar-refractivity contribution is 5.91. The van der Waals surface area contributed by atoms with Crippen molar-refractivity contribution in [3.05, 3.63) is 35.9 Å². The Hall–Kier alpha value is -2.61. The van der Waals surface area contributed by atoms with E-state index in [1.807, 2.05) is 0 Å². The highest BCUT2D eigenvalue weighted by Crippen LogP contribution is 2.20. The Kier molecular flexibility index (Phi) is 7.78. The van der Waals surface area contributed by atoms with Crippen LogP contribution >= 0.6 is 0 Å². The van der Waals surface area contributed by atoms with Crippen LogP contribution in [0, 0.1) is 5.92 Å². The number of nitrogens with one attached hydrogen (secondary N) is 2. The smallest absolute Gasteiger partial charge is 0.408 e. The highest BCUT2D eigenvalue weighted by Gasteiger charge is 2.35. The van der Waals surface area contributed by atoms with E-state index in [-0.39, 0.29) is 5.92 Å². The van der Waals surface area contributed by atoms with Crippen LogP contribution in [0.4, 0.5) is 4.79 Å². The molecular weight excluding hydrogens is 350 g/mol. The lowest BCUT2D eigenvalue weighted by molar-refractivity contribution is -0.146. The molecule has 27 heavy (non-hydrogen) atoms. The molecule has 2 unspecified atom stereocenters. The van der Waals surface area contributed by atoms with E-state index >= 15 is 0 Å². The number of alkyl carbamates (subject to hydrolysis) is 1. The first-order valence-corrected chi connectivity index (χ1v) is 8.73. The summed E-state index contributed by atoms with van der Waals surface area (Å²) in [6.45, 7) is 8.67. The van der Waals surface area contributed by atoms with E-state index in [1.54, 1.807) is 70.4 Å². The molecule has 1 aromatic rings. The van der Waals surface area contributed by atoms with E-state index < -0.39 is 35.6 Å². The van der Waals surface area contributed by atoms with Gasteiger partial charge in [-0.1, -0.05) is 44.2 Å². The van der Waals surface area contributed by atoms with Crippen molar-refractivity contribution in [2.75, 3.05) is 7.05 Å². The van der Waals surface area contributed by atoms with Crippen LogP contribution in [-0.4, -0.2) is 46.7 Å². The highest BCUT2D eigenvalue weighted by atomic mass is 16.6. The molecule has 0 spiro atoms. The molecule has 0 saturated heterocycles. The van der Waals surface area contributed by atoms with Crippen molar-refractivity contribution in [3.8, 4) is 0 Å². The number of likely N-dealkylation sites (N-methyl/N-ethyl adjacent to an activating group) is 1. The second-order valence-electron chi connectivity index (χ2n) is 7.60. The molecule has 0 bridgehead atoms. The summed E-state index contributed by atoms with van der Waals surface area (Å²) in [6.07, 6.45) is -0.745. The van der Waals surface area contributed by atoms with Crippen molar-refractivity contribution in [1.29, 1.82) is 0 Å². The molecule has 8 heteroatoms. The second kappa shape index (κ2) is 9.36. The van der Waals surface area contributed by atoms with Crippen LogP contribution in [0.25, 0.3) is 0 Å². The summed E-state index contributed by atoms with van der Waals surface area (Å²) >= 11 is 0. The van der Waals surface area contributed by atoms with Gasteiger partial charge in [0.2, 0.25) is 5.91 Å². The number of nitrogens with zero attached hydrogens (tertiary/aromatic N) is 1.